The van der Waals surface area contributed by atoms with Crippen molar-refractivity contribution in [3.05, 3.63) is 40.7 Å². The van der Waals surface area contributed by atoms with Crippen molar-refractivity contribution >= 4 is 28.5 Å². The number of benzene rings is 1. The lowest BCUT2D eigenvalue weighted by molar-refractivity contribution is 0.0693. The summed E-state index contributed by atoms with van der Waals surface area (Å²) in [5.74, 6) is -1.92. The average Bonchev–Trinajstić information content (AvgIpc) is 3.20. The fourth-order valence-electron chi connectivity index (χ4n) is 3.59. The molecule has 1 aliphatic heterocycles. The van der Waals surface area contributed by atoms with Gasteiger partial charge in [-0.05, 0) is 43.1 Å². The number of hydrogen-bond donors (Lipinski definition) is 4. The molecule has 0 saturated carbocycles. The van der Waals surface area contributed by atoms with E-state index >= 15 is 0 Å². The van der Waals surface area contributed by atoms with Crippen LogP contribution in [-0.2, 0) is 6.61 Å². The number of β-amino-alcohol motifs (C(OH)–C–C–N with tert-alkyl or cyclic N) is 1. The molecule has 186 valence electrons. The van der Waals surface area contributed by atoms with Gasteiger partial charge in [-0.2, -0.15) is 4.37 Å². The summed E-state index contributed by atoms with van der Waals surface area (Å²) in [6.07, 6.45) is 0.748. The Labute approximate surface area is 201 Å². The molecule has 1 aliphatic rings. The summed E-state index contributed by atoms with van der Waals surface area (Å²) in [4.78, 5) is 28.5. The number of anilines is 1. The molecular weight excluding hydrogens is 465 g/mol. The Balaban J connectivity index is 1.45. The number of nitrogens with zero attached hydrogens (tertiary/aromatic N) is 3. The van der Waals surface area contributed by atoms with Gasteiger partial charge in [-0.1, -0.05) is 12.1 Å². The van der Waals surface area contributed by atoms with E-state index in [1.807, 2.05) is 0 Å². The van der Waals surface area contributed by atoms with E-state index in [1.54, 1.807) is 19.1 Å². The van der Waals surface area contributed by atoms with Crippen LogP contribution in [0.2, 0.25) is 0 Å². The summed E-state index contributed by atoms with van der Waals surface area (Å²) in [5.41, 5.74) is 0.768. The minimum atomic E-state index is -1.30. The lowest BCUT2D eigenvalue weighted by Crippen LogP contribution is -2.47. The number of nitrogens with one attached hydrogen (secondary N) is 2. The number of hydrogen-bond acceptors (Lipinski definition) is 8. The molecule has 2 aromatic rings. The lowest BCUT2D eigenvalue weighted by Gasteiger charge is -2.34. The summed E-state index contributed by atoms with van der Waals surface area (Å²) in [6, 6.07) is 4.14. The number of aliphatic hydroxyl groups excluding tert-OH is 1. The second-order valence-electron chi connectivity index (χ2n) is 8.02. The van der Waals surface area contributed by atoms with Crippen LogP contribution in [0.5, 0.6) is 5.88 Å². The number of aryl methyl sites for hydroxylation is 1. The summed E-state index contributed by atoms with van der Waals surface area (Å²) in [7, 11) is 0. The number of halogens is 1. The Hall–Kier alpha value is -2.80. The zero-order valence-corrected chi connectivity index (χ0v) is 19.9. The number of aromatic carboxylic acids is 1. The quantitative estimate of drug-likeness (QED) is 0.349. The maximum atomic E-state index is 14.0. The standard InChI is InChI=1S/C22H30FN5O5S/c1-15-3-4-16(17(23)13-15)14-33-19-18(21(30)31)20(34-26-19)25-22(32)24-5-2-6-27-7-9-28(10-8-27)11-12-29/h3-4,13,29H,2,5-12,14H2,1H3,(H,30,31)(H2,24,25,32). The third-order valence-electron chi connectivity index (χ3n) is 5.49. The van der Waals surface area contributed by atoms with Crippen LogP contribution in [0.15, 0.2) is 18.2 Å². The molecule has 0 bridgehead atoms. The number of aromatic nitrogens is 1. The van der Waals surface area contributed by atoms with Crippen LogP contribution in [0.3, 0.4) is 0 Å². The van der Waals surface area contributed by atoms with Gasteiger partial charge in [0.05, 0.1) is 6.61 Å². The third kappa shape index (κ3) is 7.35. The molecule has 1 saturated heterocycles. The minimum Gasteiger partial charge on any atom is -0.477 e. The monoisotopic (exact) mass is 495 g/mol. The number of amides is 2. The zero-order chi connectivity index (χ0) is 24.5. The van der Waals surface area contributed by atoms with E-state index in [9.17, 15) is 19.1 Å². The highest BCUT2D eigenvalue weighted by Gasteiger charge is 2.24. The number of carbonyl (C=O) groups is 2. The van der Waals surface area contributed by atoms with E-state index in [-0.39, 0.29) is 35.2 Å². The van der Waals surface area contributed by atoms with Gasteiger partial charge in [-0.15, -0.1) is 0 Å². The first-order valence-electron chi connectivity index (χ1n) is 11.1. The normalized spacial score (nSPS) is 14.7. The summed E-state index contributed by atoms with van der Waals surface area (Å²) < 4.78 is 23.4. The first kappa shape index (κ1) is 25.8. The van der Waals surface area contributed by atoms with Gasteiger partial charge >= 0.3 is 12.0 Å². The van der Waals surface area contributed by atoms with Gasteiger partial charge in [0.15, 0.2) is 5.56 Å². The molecule has 34 heavy (non-hydrogen) atoms. The molecule has 2 heterocycles. The van der Waals surface area contributed by atoms with Crippen molar-refractivity contribution in [2.45, 2.75) is 20.0 Å². The van der Waals surface area contributed by atoms with Crippen LogP contribution in [0.1, 0.15) is 27.9 Å². The van der Waals surface area contributed by atoms with Gasteiger partial charge in [-0.3, -0.25) is 10.2 Å². The molecule has 2 amide bonds. The first-order chi connectivity index (χ1) is 16.4. The predicted molar refractivity (Wildman–Crippen MR) is 126 cm³/mol. The number of urea groups is 1. The van der Waals surface area contributed by atoms with Gasteiger partial charge < -0.3 is 25.2 Å². The number of carbonyl (C=O) groups excluding carboxylic acids is 1. The van der Waals surface area contributed by atoms with E-state index in [0.29, 0.717) is 13.1 Å². The van der Waals surface area contributed by atoms with Crippen LogP contribution >= 0.6 is 11.5 Å². The molecule has 0 radical (unpaired) electrons. The van der Waals surface area contributed by atoms with Gasteiger partial charge in [0, 0.05) is 44.8 Å². The number of rotatable bonds is 11. The molecule has 3 rings (SSSR count). The van der Waals surface area contributed by atoms with Crippen molar-refractivity contribution in [3.63, 3.8) is 0 Å². The zero-order valence-electron chi connectivity index (χ0n) is 19.1. The van der Waals surface area contributed by atoms with E-state index in [0.717, 1.165) is 56.2 Å². The maximum absolute atomic E-state index is 14.0. The molecule has 0 aliphatic carbocycles. The Morgan fingerprint density at radius 1 is 1.21 bits per heavy atom. The fraction of sp³-hybridized carbons (Fsp3) is 0.500. The largest absolute Gasteiger partial charge is 0.477 e. The molecule has 1 fully saturated rings. The highest BCUT2D eigenvalue weighted by Crippen LogP contribution is 2.31. The molecule has 0 spiro atoms. The van der Waals surface area contributed by atoms with Crippen LogP contribution in [0.25, 0.3) is 0 Å². The molecule has 0 unspecified atom stereocenters. The minimum absolute atomic E-state index is 0.0457. The highest BCUT2D eigenvalue weighted by atomic mass is 32.1. The van der Waals surface area contributed by atoms with E-state index < -0.39 is 17.8 Å². The Morgan fingerprint density at radius 3 is 2.56 bits per heavy atom. The van der Waals surface area contributed by atoms with Crippen LogP contribution < -0.4 is 15.4 Å². The van der Waals surface area contributed by atoms with Gasteiger partial charge in [0.25, 0.3) is 0 Å². The molecule has 10 nitrogen and oxygen atoms in total. The molecule has 0 atom stereocenters. The average molecular weight is 496 g/mol. The predicted octanol–water partition coefficient (Wildman–Crippen LogP) is 1.99. The summed E-state index contributed by atoms with van der Waals surface area (Å²) in [5, 5.41) is 23.8. The smallest absolute Gasteiger partial charge is 0.344 e. The van der Waals surface area contributed by atoms with Crippen molar-refractivity contribution in [1.82, 2.24) is 19.5 Å². The Bertz CT molecular complexity index is 981. The van der Waals surface area contributed by atoms with Crippen LogP contribution in [0.4, 0.5) is 14.2 Å². The lowest BCUT2D eigenvalue weighted by atomic mass is 10.1. The third-order valence-corrected chi connectivity index (χ3v) is 6.24. The topological polar surface area (TPSA) is 127 Å². The van der Waals surface area contributed by atoms with Crippen LogP contribution in [-0.4, -0.2) is 88.8 Å². The number of ether oxygens (including phenoxy) is 1. The van der Waals surface area contributed by atoms with Crippen molar-refractivity contribution in [3.8, 4) is 5.88 Å². The van der Waals surface area contributed by atoms with Gasteiger partial charge in [-0.25, -0.2) is 14.0 Å². The fourth-order valence-corrected chi connectivity index (χ4v) is 4.32. The molecular formula is C22H30FN5O5S. The number of carboxylic acids is 1. The van der Waals surface area contributed by atoms with Gasteiger partial charge in [0.1, 0.15) is 17.4 Å². The van der Waals surface area contributed by atoms with Crippen LogP contribution in [0, 0.1) is 12.7 Å². The van der Waals surface area contributed by atoms with E-state index in [1.165, 1.54) is 6.07 Å². The Morgan fingerprint density at radius 2 is 1.91 bits per heavy atom. The van der Waals surface area contributed by atoms with Crippen molar-refractivity contribution in [1.29, 1.82) is 0 Å². The summed E-state index contributed by atoms with van der Waals surface area (Å²) in [6.45, 7) is 7.38. The van der Waals surface area contributed by atoms with Crippen molar-refractivity contribution in [2.75, 3.05) is 57.7 Å². The first-order valence-corrected chi connectivity index (χ1v) is 11.9. The van der Waals surface area contributed by atoms with E-state index in [4.69, 9.17) is 9.84 Å². The summed E-state index contributed by atoms with van der Waals surface area (Å²) >= 11 is 0.788. The van der Waals surface area contributed by atoms with Crippen molar-refractivity contribution in [2.24, 2.45) is 0 Å². The second kappa shape index (κ2) is 12.6. The second-order valence-corrected chi connectivity index (χ2v) is 8.80. The maximum Gasteiger partial charge on any atom is 0.344 e. The van der Waals surface area contributed by atoms with E-state index in [2.05, 4.69) is 24.8 Å². The Kier molecular flexibility index (Phi) is 9.57. The molecule has 12 heteroatoms. The molecule has 1 aromatic heterocycles. The number of piperazine rings is 1. The van der Waals surface area contributed by atoms with Crippen molar-refractivity contribution < 1.29 is 28.9 Å². The SMILES string of the molecule is Cc1ccc(COc2nsc(NC(=O)NCCCN3CCN(CCO)CC3)c2C(=O)O)c(F)c1. The number of aliphatic hydroxyl groups is 1. The number of carboxylic acid groups (broad SMARTS) is 1. The molecule has 1 aromatic carbocycles. The highest BCUT2D eigenvalue weighted by molar-refractivity contribution is 7.11. The van der Waals surface area contributed by atoms with Gasteiger partial charge in [0.2, 0.25) is 5.88 Å². The molecule has 4 N–H and O–H groups in total.